The molecule has 28 heavy (non-hydrogen) atoms. The molecule has 0 aliphatic carbocycles. The normalized spacial score (nSPS) is 14.8. The van der Waals surface area contributed by atoms with Gasteiger partial charge in [-0.1, -0.05) is 13.3 Å². The molecule has 1 fully saturated rings. The van der Waals surface area contributed by atoms with Crippen molar-refractivity contribution in [3.63, 3.8) is 0 Å². The van der Waals surface area contributed by atoms with Crippen molar-refractivity contribution in [3.8, 4) is 5.75 Å². The SMILES string of the molecule is CCCCOc1ccc(C(=O)Nc2ccc(N3CCN(C)CC3)cc2C)cc1. The molecular formula is C23H31N3O2. The Morgan fingerprint density at radius 3 is 2.43 bits per heavy atom. The molecule has 0 atom stereocenters. The van der Waals surface area contributed by atoms with Crippen LogP contribution in [0.25, 0.3) is 0 Å². The first-order chi connectivity index (χ1) is 13.6. The second-order valence-electron chi connectivity index (χ2n) is 7.47. The van der Waals surface area contributed by atoms with E-state index in [-0.39, 0.29) is 5.91 Å². The summed E-state index contributed by atoms with van der Waals surface area (Å²) >= 11 is 0. The standard InChI is InChI=1S/C23H31N3O2/c1-4-5-16-28-21-9-6-19(7-10-21)23(27)24-22-11-8-20(17-18(22)2)26-14-12-25(3)13-15-26/h6-11,17H,4-5,12-16H2,1-3H3,(H,24,27). The quantitative estimate of drug-likeness (QED) is 0.731. The Labute approximate surface area is 168 Å². The molecule has 0 radical (unpaired) electrons. The first-order valence-electron chi connectivity index (χ1n) is 10.1. The average Bonchev–Trinajstić information content (AvgIpc) is 2.71. The molecular weight excluding hydrogens is 350 g/mol. The van der Waals surface area contributed by atoms with Crippen LogP contribution in [0.15, 0.2) is 42.5 Å². The van der Waals surface area contributed by atoms with Crippen molar-refractivity contribution in [1.82, 2.24) is 4.90 Å². The molecule has 3 rings (SSSR count). The molecule has 2 aromatic rings. The fourth-order valence-corrected chi connectivity index (χ4v) is 3.28. The van der Waals surface area contributed by atoms with E-state index < -0.39 is 0 Å². The smallest absolute Gasteiger partial charge is 0.255 e. The van der Waals surface area contributed by atoms with Crippen LogP contribution in [0.3, 0.4) is 0 Å². The third kappa shape index (κ3) is 5.26. The molecule has 1 N–H and O–H groups in total. The summed E-state index contributed by atoms with van der Waals surface area (Å²) in [5.41, 5.74) is 3.78. The molecule has 0 aromatic heterocycles. The Balaban J connectivity index is 1.60. The van der Waals surface area contributed by atoms with Gasteiger partial charge in [0.05, 0.1) is 6.61 Å². The van der Waals surface area contributed by atoms with E-state index in [1.165, 1.54) is 5.69 Å². The van der Waals surface area contributed by atoms with Gasteiger partial charge in [0.1, 0.15) is 5.75 Å². The number of hydrogen-bond donors (Lipinski definition) is 1. The van der Waals surface area contributed by atoms with Gasteiger partial charge in [-0.3, -0.25) is 4.79 Å². The number of carbonyl (C=O) groups is 1. The maximum Gasteiger partial charge on any atom is 0.255 e. The van der Waals surface area contributed by atoms with Gasteiger partial charge in [-0.15, -0.1) is 0 Å². The Morgan fingerprint density at radius 1 is 1.07 bits per heavy atom. The lowest BCUT2D eigenvalue weighted by Crippen LogP contribution is -2.44. The lowest BCUT2D eigenvalue weighted by atomic mass is 10.1. The number of amides is 1. The summed E-state index contributed by atoms with van der Waals surface area (Å²) < 4.78 is 5.66. The fourth-order valence-electron chi connectivity index (χ4n) is 3.28. The number of nitrogens with one attached hydrogen (secondary N) is 1. The van der Waals surface area contributed by atoms with Crippen molar-refractivity contribution in [2.75, 3.05) is 50.1 Å². The van der Waals surface area contributed by atoms with Crippen LogP contribution in [0.5, 0.6) is 5.75 Å². The number of ether oxygens (including phenoxy) is 1. The van der Waals surface area contributed by atoms with Crippen LogP contribution in [-0.2, 0) is 0 Å². The number of benzene rings is 2. The van der Waals surface area contributed by atoms with Gasteiger partial charge in [-0.2, -0.15) is 0 Å². The Kier molecular flexibility index (Phi) is 6.93. The highest BCUT2D eigenvalue weighted by Crippen LogP contribution is 2.24. The number of unbranched alkanes of at least 4 members (excludes halogenated alkanes) is 1. The van der Waals surface area contributed by atoms with Gasteiger partial charge in [0.2, 0.25) is 0 Å². The molecule has 0 saturated carbocycles. The van der Waals surface area contributed by atoms with Crippen molar-refractivity contribution in [2.45, 2.75) is 26.7 Å². The molecule has 1 saturated heterocycles. The van der Waals surface area contributed by atoms with Gasteiger partial charge in [-0.05, 0) is 68.4 Å². The van der Waals surface area contributed by atoms with E-state index in [1.54, 1.807) is 0 Å². The second-order valence-corrected chi connectivity index (χ2v) is 7.47. The molecule has 5 nitrogen and oxygen atoms in total. The van der Waals surface area contributed by atoms with E-state index in [4.69, 9.17) is 4.74 Å². The lowest BCUT2D eigenvalue weighted by Gasteiger charge is -2.34. The zero-order chi connectivity index (χ0) is 19.9. The molecule has 0 bridgehead atoms. The van der Waals surface area contributed by atoms with Crippen LogP contribution in [-0.4, -0.2) is 50.6 Å². The van der Waals surface area contributed by atoms with Crippen LogP contribution in [0.2, 0.25) is 0 Å². The predicted molar refractivity (Wildman–Crippen MR) is 116 cm³/mol. The molecule has 150 valence electrons. The number of nitrogens with zero attached hydrogens (tertiary/aromatic N) is 2. The van der Waals surface area contributed by atoms with Gasteiger partial charge in [0, 0.05) is 43.1 Å². The summed E-state index contributed by atoms with van der Waals surface area (Å²) in [7, 11) is 2.16. The molecule has 1 heterocycles. The van der Waals surface area contributed by atoms with Crippen LogP contribution in [0, 0.1) is 6.92 Å². The number of carbonyl (C=O) groups excluding carboxylic acids is 1. The monoisotopic (exact) mass is 381 g/mol. The highest BCUT2D eigenvalue weighted by molar-refractivity contribution is 6.04. The number of rotatable bonds is 7. The summed E-state index contributed by atoms with van der Waals surface area (Å²) in [6.45, 7) is 9.12. The Morgan fingerprint density at radius 2 is 1.79 bits per heavy atom. The summed E-state index contributed by atoms with van der Waals surface area (Å²) in [5, 5.41) is 3.03. The van der Waals surface area contributed by atoms with Gasteiger partial charge >= 0.3 is 0 Å². The Hall–Kier alpha value is -2.53. The minimum atomic E-state index is -0.101. The van der Waals surface area contributed by atoms with E-state index in [2.05, 4.69) is 41.2 Å². The molecule has 0 unspecified atom stereocenters. The maximum absolute atomic E-state index is 12.6. The number of hydrogen-bond acceptors (Lipinski definition) is 4. The number of aryl methyl sites for hydroxylation is 1. The molecule has 1 aliphatic rings. The zero-order valence-electron chi connectivity index (χ0n) is 17.2. The molecule has 5 heteroatoms. The van der Waals surface area contributed by atoms with Gasteiger partial charge in [-0.25, -0.2) is 0 Å². The Bertz CT molecular complexity index is 781. The lowest BCUT2D eigenvalue weighted by molar-refractivity contribution is 0.102. The summed E-state index contributed by atoms with van der Waals surface area (Å²) in [6.07, 6.45) is 2.14. The average molecular weight is 382 g/mol. The van der Waals surface area contributed by atoms with Crippen molar-refractivity contribution in [1.29, 1.82) is 0 Å². The third-order valence-corrected chi connectivity index (χ3v) is 5.21. The van der Waals surface area contributed by atoms with Crippen LogP contribution >= 0.6 is 0 Å². The summed E-state index contributed by atoms with van der Waals surface area (Å²) in [6, 6.07) is 13.6. The fraction of sp³-hybridized carbons (Fsp3) is 0.435. The minimum Gasteiger partial charge on any atom is -0.494 e. The number of piperazine rings is 1. The van der Waals surface area contributed by atoms with Crippen molar-refractivity contribution < 1.29 is 9.53 Å². The molecule has 2 aromatic carbocycles. The minimum absolute atomic E-state index is 0.101. The van der Waals surface area contributed by atoms with E-state index in [1.807, 2.05) is 37.3 Å². The van der Waals surface area contributed by atoms with Crippen molar-refractivity contribution in [2.24, 2.45) is 0 Å². The number of anilines is 2. The van der Waals surface area contributed by atoms with Crippen molar-refractivity contribution in [3.05, 3.63) is 53.6 Å². The first-order valence-corrected chi connectivity index (χ1v) is 10.1. The molecule has 0 spiro atoms. The van der Waals surface area contributed by atoms with E-state index in [9.17, 15) is 4.79 Å². The topological polar surface area (TPSA) is 44.8 Å². The van der Waals surface area contributed by atoms with Crippen molar-refractivity contribution >= 4 is 17.3 Å². The maximum atomic E-state index is 12.6. The highest BCUT2D eigenvalue weighted by Gasteiger charge is 2.15. The van der Waals surface area contributed by atoms with E-state index in [0.717, 1.165) is 56.0 Å². The summed E-state index contributed by atoms with van der Waals surface area (Å²) in [4.78, 5) is 17.3. The predicted octanol–water partition coefficient (Wildman–Crippen LogP) is 4.18. The van der Waals surface area contributed by atoms with Crippen LogP contribution in [0.4, 0.5) is 11.4 Å². The van der Waals surface area contributed by atoms with Crippen LogP contribution < -0.4 is 15.0 Å². The van der Waals surface area contributed by atoms with E-state index in [0.29, 0.717) is 12.2 Å². The van der Waals surface area contributed by atoms with E-state index >= 15 is 0 Å². The highest BCUT2D eigenvalue weighted by atomic mass is 16.5. The largest absolute Gasteiger partial charge is 0.494 e. The number of likely N-dealkylation sites (N-methyl/N-ethyl adjacent to an activating group) is 1. The third-order valence-electron chi connectivity index (χ3n) is 5.21. The van der Waals surface area contributed by atoms with Gasteiger partial charge < -0.3 is 19.9 Å². The van der Waals surface area contributed by atoms with Gasteiger partial charge in [0.15, 0.2) is 0 Å². The van der Waals surface area contributed by atoms with Crippen LogP contribution in [0.1, 0.15) is 35.7 Å². The molecule has 1 amide bonds. The second kappa shape index (κ2) is 9.60. The summed E-state index contributed by atoms with van der Waals surface area (Å²) in [5.74, 6) is 0.702. The first kappa shape index (κ1) is 20.2. The molecule has 1 aliphatic heterocycles. The zero-order valence-corrected chi connectivity index (χ0v) is 17.2. The van der Waals surface area contributed by atoms with Gasteiger partial charge in [0.25, 0.3) is 5.91 Å².